The van der Waals surface area contributed by atoms with Crippen LogP contribution in [0.3, 0.4) is 0 Å². The van der Waals surface area contributed by atoms with Crippen LogP contribution in [0.4, 0.5) is 5.13 Å². The van der Waals surface area contributed by atoms with E-state index in [2.05, 4.69) is 15.5 Å². The van der Waals surface area contributed by atoms with Crippen LogP contribution in [0.25, 0.3) is 0 Å². The molecule has 1 atom stereocenters. The number of carbonyl (C=O) groups is 1. The molecule has 0 radical (unpaired) electrons. The van der Waals surface area contributed by atoms with Crippen molar-refractivity contribution in [3.05, 3.63) is 28.7 Å². The van der Waals surface area contributed by atoms with E-state index in [9.17, 15) is 4.79 Å². The number of rotatable bonds is 4. The molecule has 0 aliphatic carbocycles. The van der Waals surface area contributed by atoms with Gasteiger partial charge < -0.3 is 20.6 Å². The Morgan fingerprint density at radius 2 is 2.39 bits per heavy atom. The third kappa shape index (κ3) is 2.66. The maximum atomic E-state index is 11.8. The van der Waals surface area contributed by atoms with Crippen LogP contribution >= 0.6 is 11.3 Å². The van der Waals surface area contributed by atoms with Crippen LogP contribution in [0, 0.1) is 0 Å². The normalized spacial score (nSPS) is 12.3. The molecule has 8 heteroatoms. The summed E-state index contributed by atoms with van der Waals surface area (Å²) in [6, 6.07) is 2.74. The number of nitrogen functional groups attached to an aromatic ring is 1. The van der Waals surface area contributed by atoms with Crippen molar-refractivity contribution in [3.63, 3.8) is 0 Å². The molecule has 0 saturated carbocycles. The Kier molecular flexibility index (Phi) is 3.58. The average Bonchev–Trinajstić information content (AvgIpc) is 2.97. The van der Waals surface area contributed by atoms with E-state index in [1.54, 1.807) is 13.0 Å². The molecule has 0 aromatic carbocycles. The zero-order valence-corrected chi connectivity index (χ0v) is 10.4. The van der Waals surface area contributed by atoms with E-state index in [-0.39, 0.29) is 24.3 Å². The van der Waals surface area contributed by atoms with Crippen molar-refractivity contribution < 1.29 is 14.3 Å². The lowest BCUT2D eigenvalue weighted by atomic mass is 10.3. The predicted octanol–water partition coefficient (Wildman–Crippen LogP) is 0.697. The molecular weight excluding hydrogens is 256 g/mol. The van der Waals surface area contributed by atoms with Gasteiger partial charge in [0, 0.05) is 0 Å². The third-order valence-electron chi connectivity index (χ3n) is 2.22. The van der Waals surface area contributed by atoms with Gasteiger partial charge in [0.2, 0.25) is 5.13 Å². The zero-order chi connectivity index (χ0) is 13.1. The number of nitrogens with zero attached hydrogens (tertiary/aromatic N) is 2. The number of furan rings is 1. The highest BCUT2D eigenvalue weighted by atomic mass is 32.1. The van der Waals surface area contributed by atoms with E-state index < -0.39 is 0 Å². The van der Waals surface area contributed by atoms with Crippen LogP contribution in [0.15, 0.2) is 16.5 Å². The van der Waals surface area contributed by atoms with Crippen molar-refractivity contribution in [2.45, 2.75) is 19.6 Å². The number of carbonyl (C=O) groups excluding carboxylic acids is 1. The van der Waals surface area contributed by atoms with Crippen LogP contribution in [-0.4, -0.2) is 21.2 Å². The number of amides is 1. The molecule has 18 heavy (non-hydrogen) atoms. The molecular formula is C10H12N4O3S. The highest BCUT2D eigenvalue weighted by Gasteiger charge is 2.17. The summed E-state index contributed by atoms with van der Waals surface area (Å²) in [4.78, 5) is 11.8. The lowest BCUT2D eigenvalue weighted by Crippen LogP contribution is -2.26. The molecule has 4 N–H and O–H groups in total. The molecule has 2 aromatic rings. The second-order valence-electron chi connectivity index (χ2n) is 3.60. The summed E-state index contributed by atoms with van der Waals surface area (Å²) < 4.78 is 5.12. The summed E-state index contributed by atoms with van der Waals surface area (Å²) >= 11 is 1.21. The molecule has 1 amide bonds. The van der Waals surface area contributed by atoms with E-state index in [1.807, 2.05) is 0 Å². The number of anilines is 1. The molecule has 7 nitrogen and oxygen atoms in total. The first kappa shape index (κ1) is 12.5. The Morgan fingerprint density at radius 3 is 2.94 bits per heavy atom. The minimum atomic E-state index is -0.379. The maximum Gasteiger partial charge on any atom is 0.287 e. The summed E-state index contributed by atoms with van der Waals surface area (Å²) in [5.74, 6) is 0.104. The minimum Gasteiger partial charge on any atom is -0.453 e. The molecule has 2 rings (SSSR count). The van der Waals surface area contributed by atoms with Crippen LogP contribution in [0.5, 0.6) is 0 Å². The van der Waals surface area contributed by atoms with Gasteiger partial charge in [-0.25, -0.2) is 0 Å². The Balaban J connectivity index is 2.02. The maximum absolute atomic E-state index is 11.8. The predicted molar refractivity (Wildman–Crippen MR) is 64.8 cm³/mol. The highest BCUT2D eigenvalue weighted by molar-refractivity contribution is 7.15. The van der Waals surface area contributed by atoms with E-state index in [4.69, 9.17) is 15.3 Å². The lowest BCUT2D eigenvalue weighted by Gasteiger charge is -2.08. The van der Waals surface area contributed by atoms with Crippen molar-refractivity contribution in [3.8, 4) is 0 Å². The number of hydrogen-bond acceptors (Lipinski definition) is 7. The van der Waals surface area contributed by atoms with Gasteiger partial charge >= 0.3 is 0 Å². The number of aliphatic hydroxyl groups excluding tert-OH is 1. The zero-order valence-electron chi connectivity index (χ0n) is 9.58. The van der Waals surface area contributed by atoms with E-state index >= 15 is 0 Å². The number of hydrogen-bond donors (Lipinski definition) is 3. The van der Waals surface area contributed by atoms with Gasteiger partial charge in [-0.15, -0.1) is 10.2 Å². The summed E-state index contributed by atoms with van der Waals surface area (Å²) in [7, 11) is 0. The molecule has 0 spiro atoms. The largest absolute Gasteiger partial charge is 0.453 e. The van der Waals surface area contributed by atoms with Crippen LogP contribution in [-0.2, 0) is 6.61 Å². The van der Waals surface area contributed by atoms with Crippen molar-refractivity contribution >= 4 is 22.4 Å². The second kappa shape index (κ2) is 5.15. The van der Waals surface area contributed by atoms with Gasteiger partial charge in [0.25, 0.3) is 5.91 Å². The first-order valence-electron chi connectivity index (χ1n) is 5.19. The molecule has 0 aliphatic rings. The third-order valence-corrected chi connectivity index (χ3v) is 3.15. The molecule has 2 aromatic heterocycles. The van der Waals surface area contributed by atoms with Gasteiger partial charge in [-0.2, -0.15) is 0 Å². The Labute approximate surface area is 107 Å². The van der Waals surface area contributed by atoms with E-state index in [0.717, 1.165) is 0 Å². The Bertz CT molecular complexity index is 551. The van der Waals surface area contributed by atoms with Crippen LogP contribution in [0.2, 0.25) is 0 Å². The molecule has 0 saturated heterocycles. The Morgan fingerprint density at radius 1 is 1.61 bits per heavy atom. The monoisotopic (exact) mass is 268 g/mol. The van der Waals surface area contributed by atoms with Crippen molar-refractivity contribution in [2.24, 2.45) is 0 Å². The van der Waals surface area contributed by atoms with E-state index in [0.29, 0.717) is 15.9 Å². The molecule has 0 fully saturated rings. The smallest absolute Gasteiger partial charge is 0.287 e. The Hall–Kier alpha value is -1.93. The van der Waals surface area contributed by atoms with Gasteiger partial charge in [0.05, 0.1) is 6.04 Å². The first-order chi connectivity index (χ1) is 8.60. The van der Waals surface area contributed by atoms with Crippen LogP contribution < -0.4 is 11.1 Å². The quantitative estimate of drug-likeness (QED) is 0.752. The fourth-order valence-electron chi connectivity index (χ4n) is 1.34. The molecule has 2 heterocycles. The summed E-state index contributed by atoms with van der Waals surface area (Å²) in [5, 5.41) is 20.0. The number of aromatic nitrogens is 2. The molecule has 0 unspecified atom stereocenters. The highest BCUT2D eigenvalue weighted by Crippen LogP contribution is 2.19. The van der Waals surface area contributed by atoms with Gasteiger partial charge in [-0.1, -0.05) is 11.3 Å². The standard InChI is InChI=1S/C10H12N4O3S/c1-5(9-13-14-10(11)18-9)12-8(16)7-3-2-6(4-15)17-7/h2-3,5,15H,4H2,1H3,(H2,11,14)(H,12,16)/t5-/m1/s1. The summed E-state index contributed by atoms with van der Waals surface area (Å²) in [6.45, 7) is 1.53. The molecule has 0 bridgehead atoms. The second-order valence-corrected chi connectivity index (χ2v) is 4.64. The van der Waals surface area contributed by atoms with E-state index in [1.165, 1.54) is 17.4 Å². The van der Waals surface area contributed by atoms with Gasteiger partial charge in [0.1, 0.15) is 17.4 Å². The van der Waals surface area contributed by atoms with Gasteiger partial charge in [-0.3, -0.25) is 4.79 Å². The fourth-order valence-corrected chi connectivity index (χ4v) is 1.95. The first-order valence-corrected chi connectivity index (χ1v) is 6.01. The molecule has 0 aliphatic heterocycles. The fraction of sp³-hybridized carbons (Fsp3) is 0.300. The van der Waals surface area contributed by atoms with Crippen molar-refractivity contribution in [1.82, 2.24) is 15.5 Å². The topological polar surface area (TPSA) is 114 Å². The minimum absolute atomic E-state index is 0.142. The number of nitrogens with one attached hydrogen (secondary N) is 1. The van der Waals surface area contributed by atoms with Gasteiger partial charge in [0.15, 0.2) is 5.76 Å². The van der Waals surface area contributed by atoms with Crippen LogP contribution in [0.1, 0.15) is 34.3 Å². The SMILES string of the molecule is C[C@@H](NC(=O)c1ccc(CO)o1)c1nnc(N)s1. The average molecular weight is 268 g/mol. The number of aliphatic hydroxyl groups is 1. The van der Waals surface area contributed by atoms with Gasteiger partial charge in [-0.05, 0) is 19.1 Å². The van der Waals surface area contributed by atoms with Crippen molar-refractivity contribution in [1.29, 1.82) is 0 Å². The molecule has 96 valence electrons. The summed E-state index contributed by atoms with van der Waals surface area (Å²) in [5.41, 5.74) is 5.47. The summed E-state index contributed by atoms with van der Waals surface area (Å²) in [6.07, 6.45) is 0. The lowest BCUT2D eigenvalue weighted by molar-refractivity contribution is 0.0907. The van der Waals surface area contributed by atoms with Crippen molar-refractivity contribution in [2.75, 3.05) is 5.73 Å². The number of nitrogens with two attached hydrogens (primary N) is 1.